The molecule has 0 aromatic carbocycles. The number of nitrogens with zero attached hydrogens (tertiary/aromatic N) is 1. The Morgan fingerprint density at radius 1 is 1.35 bits per heavy atom. The first-order valence-corrected chi connectivity index (χ1v) is 7.24. The highest BCUT2D eigenvalue weighted by atomic mass is 16.1. The van der Waals surface area contributed by atoms with Crippen LogP contribution in [-0.4, -0.2) is 42.0 Å². The Morgan fingerprint density at radius 2 is 2.05 bits per heavy atom. The third-order valence-corrected chi connectivity index (χ3v) is 3.70. The molecule has 1 saturated heterocycles. The highest BCUT2D eigenvalue weighted by Crippen LogP contribution is 2.20. The average molecular weight is 277 g/mol. The van der Waals surface area contributed by atoms with Crippen LogP contribution >= 0.6 is 0 Å². The molecule has 0 saturated carbocycles. The molecule has 2 N–H and O–H groups in total. The Bertz CT molecular complexity index is 482. The van der Waals surface area contributed by atoms with E-state index >= 15 is 0 Å². The fourth-order valence-electron chi connectivity index (χ4n) is 2.96. The summed E-state index contributed by atoms with van der Waals surface area (Å²) in [6, 6.07) is 2.90. The number of hydrogen-bond donors (Lipinski definition) is 2. The van der Waals surface area contributed by atoms with Crippen molar-refractivity contribution in [2.75, 3.05) is 26.2 Å². The molecule has 1 amide bonds. The van der Waals surface area contributed by atoms with E-state index in [9.17, 15) is 9.59 Å². The number of rotatable bonds is 4. The molecule has 0 unspecified atom stereocenters. The van der Waals surface area contributed by atoms with Gasteiger partial charge in [0.2, 0.25) is 5.56 Å². The molecule has 5 nitrogen and oxygen atoms in total. The third kappa shape index (κ3) is 4.20. The lowest BCUT2D eigenvalue weighted by Gasteiger charge is -2.34. The van der Waals surface area contributed by atoms with Gasteiger partial charge in [0.25, 0.3) is 5.91 Å². The van der Waals surface area contributed by atoms with E-state index < -0.39 is 0 Å². The van der Waals surface area contributed by atoms with Crippen LogP contribution in [0.25, 0.3) is 0 Å². The highest BCUT2D eigenvalue weighted by molar-refractivity contribution is 5.93. The Balaban J connectivity index is 1.76. The summed E-state index contributed by atoms with van der Waals surface area (Å²) in [5.74, 6) is 1.32. The van der Waals surface area contributed by atoms with Gasteiger partial charge in [0.15, 0.2) is 0 Å². The molecular weight excluding hydrogens is 254 g/mol. The molecule has 2 rings (SSSR count). The van der Waals surface area contributed by atoms with Crippen molar-refractivity contribution >= 4 is 5.91 Å². The zero-order chi connectivity index (χ0) is 14.5. The fraction of sp³-hybridized carbons (Fsp3) is 0.600. The van der Waals surface area contributed by atoms with Crippen LogP contribution in [0, 0.1) is 11.8 Å². The van der Waals surface area contributed by atoms with Crippen molar-refractivity contribution < 1.29 is 4.79 Å². The van der Waals surface area contributed by atoms with Gasteiger partial charge in [0.1, 0.15) is 0 Å². The first kappa shape index (κ1) is 14.8. The number of piperidine rings is 1. The van der Waals surface area contributed by atoms with Gasteiger partial charge in [-0.1, -0.05) is 13.8 Å². The van der Waals surface area contributed by atoms with Crippen molar-refractivity contribution in [2.45, 2.75) is 20.3 Å². The molecule has 1 aromatic heterocycles. The number of likely N-dealkylation sites (tertiary alicyclic amines) is 1. The van der Waals surface area contributed by atoms with Crippen LogP contribution in [0.5, 0.6) is 0 Å². The van der Waals surface area contributed by atoms with Crippen LogP contribution in [-0.2, 0) is 0 Å². The van der Waals surface area contributed by atoms with E-state index in [1.54, 1.807) is 6.07 Å². The van der Waals surface area contributed by atoms with Crippen LogP contribution in [0.4, 0.5) is 0 Å². The van der Waals surface area contributed by atoms with Crippen LogP contribution in [0.2, 0.25) is 0 Å². The predicted octanol–water partition coefficient (Wildman–Crippen LogP) is 1.08. The largest absolute Gasteiger partial charge is 0.351 e. The minimum Gasteiger partial charge on any atom is -0.351 e. The summed E-state index contributed by atoms with van der Waals surface area (Å²) in [6.45, 7) is 8.29. The smallest absolute Gasteiger partial charge is 0.252 e. The molecule has 1 aliphatic rings. The summed E-state index contributed by atoms with van der Waals surface area (Å²) in [5.41, 5.74) is 0.294. The molecule has 0 bridgehead atoms. The maximum atomic E-state index is 11.9. The molecule has 20 heavy (non-hydrogen) atoms. The predicted molar refractivity (Wildman–Crippen MR) is 78.8 cm³/mol. The van der Waals surface area contributed by atoms with E-state index in [0.29, 0.717) is 12.1 Å². The van der Waals surface area contributed by atoms with E-state index in [1.165, 1.54) is 18.7 Å². The maximum Gasteiger partial charge on any atom is 0.252 e. The monoisotopic (exact) mass is 277 g/mol. The first-order valence-electron chi connectivity index (χ1n) is 7.24. The number of H-pyrrole nitrogens is 1. The lowest BCUT2D eigenvalue weighted by molar-refractivity contribution is 0.0936. The number of nitrogens with one attached hydrogen (secondary N) is 2. The van der Waals surface area contributed by atoms with Crippen molar-refractivity contribution in [1.82, 2.24) is 15.2 Å². The molecule has 5 heteroatoms. The van der Waals surface area contributed by atoms with Crippen LogP contribution in [0.15, 0.2) is 23.1 Å². The van der Waals surface area contributed by atoms with Crippen LogP contribution in [0.1, 0.15) is 30.6 Å². The minimum atomic E-state index is -0.196. The summed E-state index contributed by atoms with van der Waals surface area (Å²) in [5, 5.41) is 2.89. The first-order chi connectivity index (χ1) is 9.54. The standard InChI is InChI=1S/C15H23N3O2/c1-11-7-12(2)10-18(9-11)6-5-16-15(20)13-3-4-14(19)17-8-13/h3-4,8,11-12H,5-7,9-10H2,1-2H3,(H,16,20)(H,17,19)/t11-,12+. The number of pyridine rings is 1. The maximum absolute atomic E-state index is 11.9. The van der Waals surface area contributed by atoms with Gasteiger partial charge in [-0.05, 0) is 24.3 Å². The molecule has 2 atom stereocenters. The molecule has 2 heterocycles. The minimum absolute atomic E-state index is 0.139. The second-order valence-corrected chi connectivity index (χ2v) is 5.90. The van der Waals surface area contributed by atoms with Gasteiger partial charge in [0, 0.05) is 38.4 Å². The second-order valence-electron chi connectivity index (χ2n) is 5.90. The Hall–Kier alpha value is -1.62. The van der Waals surface area contributed by atoms with Crippen molar-refractivity contribution in [3.8, 4) is 0 Å². The number of carbonyl (C=O) groups excluding carboxylic acids is 1. The highest BCUT2D eigenvalue weighted by Gasteiger charge is 2.21. The number of amides is 1. The normalized spacial score (nSPS) is 23.5. The summed E-state index contributed by atoms with van der Waals surface area (Å²) in [7, 11) is 0. The second kappa shape index (κ2) is 6.70. The van der Waals surface area contributed by atoms with Crippen LogP contribution < -0.4 is 10.9 Å². The lowest BCUT2D eigenvalue weighted by atomic mass is 9.92. The topological polar surface area (TPSA) is 65.2 Å². The van der Waals surface area contributed by atoms with Crippen molar-refractivity contribution in [1.29, 1.82) is 0 Å². The van der Waals surface area contributed by atoms with Crippen molar-refractivity contribution in [2.24, 2.45) is 11.8 Å². The summed E-state index contributed by atoms with van der Waals surface area (Å²) >= 11 is 0. The van der Waals surface area contributed by atoms with E-state index in [-0.39, 0.29) is 11.5 Å². The van der Waals surface area contributed by atoms with Gasteiger partial charge in [-0.3, -0.25) is 9.59 Å². The number of hydrogen-bond acceptors (Lipinski definition) is 3. The van der Waals surface area contributed by atoms with Crippen molar-refractivity contribution in [3.05, 3.63) is 34.2 Å². The quantitative estimate of drug-likeness (QED) is 0.865. The zero-order valence-corrected chi connectivity index (χ0v) is 12.2. The van der Waals surface area contributed by atoms with E-state index in [4.69, 9.17) is 0 Å². The lowest BCUT2D eigenvalue weighted by Crippen LogP contribution is -2.42. The molecule has 1 aromatic rings. The van der Waals surface area contributed by atoms with Gasteiger partial charge >= 0.3 is 0 Å². The Labute approximate surface area is 119 Å². The van der Waals surface area contributed by atoms with Gasteiger partial charge in [-0.15, -0.1) is 0 Å². The van der Waals surface area contributed by atoms with Gasteiger partial charge in [0.05, 0.1) is 5.56 Å². The molecule has 1 aliphatic heterocycles. The van der Waals surface area contributed by atoms with Gasteiger partial charge < -0.3 is 15.2 Å². The Kier molecular flexibility index (Phi) is 4.95. The van der Waals surface area contributed by atoms with Gasteiger partial charge in [-0.25, -0.2) is 0 Å². The summed E-state index contributed by atoms with van der Waals surface area (Å²) < 4.78 is 0. The fourth-order valence-corrected chi connectivity index (χ4v) is 2.96. The van der Waals surface area contributed by atoms with E-state index in [0.717, 1.165) is 31.5 Å². The molecular formula is C15H23N3O2. The molecule has 110 valence electrons. The van der Waals surface area contributed by atoms with Crippen molar-refractivity contribution in [3.63, 3.8) is 0 Å². The third-order valence-electron chi connectivity index (χ3n) is 3.70. The number of carbonyl (C=O) groups is 1. The number of aromatic nitrogens is 1. The molecule has 0 radical (unpaired) electrons. The summed E-state index contributed by atoms with van der Waals surface area (Å²) in [6.07, 6.45) is 2.74. The average Bonchev–Trinajstić information content (AvgIpc) is 2.38. The van der Waals surface area contributed by atoms with E-state index in [2.05, 4.69) is 29.0 Å². The number of aromatic amines is 1. The Morgan fingerprint density at radius 3 is 2.65 bits per heavy atom. The van der Waals surface area contributed by atoms with E-state index in [1.807, 2.05) is 0 Å². The summed E-state index contributed by atoms with van der Waals surface area (Å²) in [4.78, 5) is 27.7. The zero-order valence-electron chi connectivity index (χ0n) is 12.2. The van der Waals surface area contributed by atoms with Crippen LogP contribution in [0.3, 0.4) is 0 Å². The molecule has 0 aliphatic carbocycles. The molecule has 1 fully saturated rings. The molecule has 0 spiro atoms. The SMILES string of the molecule is C[C@@H]1C[C@H](C)CN(CCNC(=O)c2ccc(=O)[nH]c2)C1. The van der Waals surface area contributed by atoms with Gasteiger partial charge in [-0.2, -0.15) is 0 Å².